The molecule has 1 aromatic rings. The molecule has 0 amide bonds. The van der Waals surface area contributed by atoms with E-state index in [1.807, 2.05) is 0 Å². The molecule has 0 aromatic heterocycles. The van der Waals surface area contributed by atoms with Crippen LogP contribution in [-0.4, -0.2) is 17.2 Å². The second-order valence-corrected chi connectivity index (χ2v) is 4.80. The lowest BCUT2D eigenvalue weighted by molar-refractivity contribution is -0.138. The SMILES string of the molecule is CC(C)Oc1ccc(C(C)(N)CC(=O)O)cc1F. The van der Waals surface area contributed by atoms with E-state index in [1.54, 1.807) is 26.8 Å². The molecule has 5 heteroatoms. The Labute approximate surface area is 106 Å². The normalized spacial score (nSPS) is 14.3. The molecule has 0 heterocycles. The first-order valence-corrected chi connectivity index (χ1v) is 5.70. The maximum Gasteiger partial charge on any atom is 0.305 e. The molecule has 0 saturated heterocycles. The van der Waals surface area contributed by atoms with E-state index in [0.717, 1.165) is 0 Å². The number of rotatable bonds is 5. The molecular weight excluding hydrogens is 237 g/mol. The third-order valence-corrected chi connectivity index (χ3v) is 2.47. The number of carboxylic acid groups (broad SMARTS) is 1. The standard InChI is InChI=1S/C13H18FNO3/c1-8(2)18-11-5-4-9(6-10(11)14)13(3,15)7-12(16)17/h4-6,8H,7,15H2,1-3H3,(H,16,17). The van der Waals surface area contributed by atoms with E-state index in [-0.39, 0.29) is 18.3 Å². The summed E-state index contributed by atoms with van der Waals surface area (Å²) < 4.78 is 19.0. The number of hydrogen-bond donors (Lipinski definition) is 2. The average molecular weight is 255 g/mol. The van der Waals surface area contributed by atoms with Crippen molar-refractivity contribution in [3.05, 3.63) is 29.6 Å². The van der Waals surface area contributed by atoms with Crippen LogP contribution in [0.1, 0.15) is 32.8 Å². The molecule has 100 valence electrons. The highest BCUT2D eigenvalue weighted by molar-refractivity contribution is 5.68. The zero-order valence-electron chi connectivity index (χ0n) is 10.7. The number of carboxylic acids is 1. The van der Waals surface area contributed by atoms with Crippen molar-refractivity contribution in [3.8, 4) is 5.75 Å². The van der Waals surface area contributed by atoms with Crippen molar-refractivity contribution in [2.45, 2.75) is 38.8 Å². The van der Waals surface area contributed by atoms with Gasteiger partial charge >= 0.3 is 5.97 Å². The Balaban J connectivity index is 2.99. The monoisotopic (exact) mass is 255 g/mol. The number of aliphatic carboxylic acids is 1. The number of carbonyl (C=O) groups is 1. The van der Waals surface area contributed by atoms with Crippen LogP contribution < -0.4 is 10.5 Å². The van der Waals surface area contributed by atoms with Gasteiger partial charge in [-0.25, -0.2) is 4.39 Å². The molecule has 0 fully saturated rings. The fourth-order valence-corrected chi connectivity index (χ4v) is 1.62. The van der Waals surface area contributed by atoms with E-state index < -0.39 is 17.3 Å². The van der Waals surface area contributed by atoms with Gasteiger partial charge in [0.05, 0.1) is 12.5 Å². The second kappa shape index (κ2) is 5.35. The molecule has 18 heavy (non-hydrogen) atoms. The molecule has 1 aromatic carbocycles. The molecule has 0 saturated carbocycles. The van der Waals surface area contributed by atoms with Crippen molar-refractivity contribution < 1.29 is 19.0 Å². The zero-order valence-corrected chi connectivity index (χ0v) is 10.7. The van der Waals surface area contributed by atoms with Gasteiger partial charge in [-0.3, -0.25) is 4.79 Å². The van der Waals surface area contributed by atoms with Crippen LogP contribution in [0.3, 0.4) is 0 Å². The highest BCUT2D eigenvalue weighted by atomic mass is 19.1. The van der Waals surface area contributed by atoms with Gasteiger partial charge in [0, 0.05) is 5.54 Å². The summed E-state index contributed by atoms with van der Waals surface area (Å²) in [4.78, 5) is 10.7. The Morgan fingerprint density at radius 1 is 1.56 bits per heavy atom. The predicted molar refractivity (Wildman–Crippen MR) is 66.0 cm³/mol. The van der Waals surface area contributed by atoms with E-state index in [1.165, 1.54) is 12.1 Å². The van der Waals surface area contributed by atoms with Gasteiger partial charge < -0.3 is 15.6 Å². The van der Waals surface area contributed by atoms with Crippen LogP contribution >= 0.6 is 0 Å². The third-order valence-electron chi connectivity index (χ3n) is 2.47. The first kappa shape index (κ1) is 14.4. The lowest BCUT2D eigenvalue weighted by atomic mass is 9.90. The van der Waals surface area contributed by atoms with Crippen LogP contribution in [0.15, 0.2) is 18.2 Å². The molecule has 4 nitrogen and oxygen atoms in total. The molecular formula is C13H18FNO3. The molecule has 0 aliphatic rings. The first-order valence-electron chi connectivity index (χ1n) is 5.70. The van der Waals surface area contributed by atoms with E-state index in [4.69, 9.17) is 15.6 Å². The predicted octanol–water partition coefficient (Wildman–Crippen LogP) is 2.26. The topological polar surface area (TPSA) is 72.5 Å². The van der Waals surface area contributed by atoms with Gasteiger partial charge in [-0.1, -0.05) is 6.07 Å². The third kappa shape index (κ3) is 3.70. The maximum atomic E-state index is 13.8. The van der Waals surface area contributed by atoms with Crippen molar-refractivity contribution in [1.29, 1.82) is 0 Å². The molecule has 1 atom stereocenters. The number of hydrogen-bond acceptors (Lipinski definition) is 3. The van der Waals surface area contributed by atoms with Crippen LogP contribution in [-0.2, 0) is 10.3 Å². The minimum atomic E-state index is -1.11. The highest BCUT2D eigenvalue weighted by Crippen LogP contribution is 2.27. The summed E-state index contributed by atoms with van der Waals surface area (Å²) in [6, 6.07) is 4.28. The smallest absolute Gasteiger partial charge is 0.305 e. The summed E-state index contributed by atoms with van der Waals surface area (Å²) in [5.74, 6) is -1.42. The van der Waals surface area contributed by atoms with Gasteiger partial charge in [0.15, 0.2) is 11.6 Å². The van der Waals surface area contributed by atoms with Crippen LogP contribution in [0.5, 0.6) is 5.75 Å². The molecule has 0 radical (unpaired) electrons. The number of benzene rings is 1. The van der Waals surface area contributed by atoms with Crippen LogP contribution in [0.2, 0.25) is 0 Å². The van der Waals surface area contributed by atoms with Gasteiger partial charge in [0.2, 0.25) is 0 Å². The summed E-state index contributed by atoms with van der Waals surface area (Å²) in [5, 5.41) is 8.75. The van der Waals surface area contributed by atoms with Gasteiger partial charge in [-0.05, 0) is 38.5 Å². The summed E-state index contributed by atoms with van der Waals surface area (Å²) in [7, 11) is 0. The van der Waals surface area contributed by atoms with Crippen molar-refractivity contribution >= 4 is 5.97 Å². The summed E-state index contributed by atoms with van der Waals surface area (Å²) >= 11 is 0. The quantitative estimate of drug-likeness (QED) is 0.846. The lowest BCUT2D eigenvalue weighted by Crippen LogP contribution is -2.35. The van der Waals surface area contributed by atoms with Gasteiger partial charge in [-0.2, -0.15) is 0 Å². The van der Waals surface area contributed by atoms with Crippen LogP contribution in [0.4, 0.5) is 4.39 Å². The number of nitrogens with two attached hydrogens (primary N) is 1. The minimum absolute atomic E-state index is 0.131. The average Bonchev–Trinajstić information content (AvgIpc) is 2.18. The van der Waals surface area contributed by atoms with E-state index in [2.05, 4.69) is 0 Å². The molecule has 0 aliphatic heterocycles. The Morgan fingerprint density at radius 3 is 2.61 bits per heavy atom. The Hall–Kier alpha value is -1.62. The Morgan fingerprint density at radius 2 is 2.17 bits per heavy atom. The summed E-state index contributed by atoms with van der Waals surface area (Å²) in [6.07, 6.45) is -0.398. The van der Waals surface area contributed by atoms with Crippen LogP contribution in [0.25, 0.3) is 0 Å². The van der Waals surface area contributed by atoms with Crippen LogP contribution in [0, 0.1) is 5.82 Å². The summed E-state index contributed by atoms with van der Waals surface area (Å²) in [5.41, 5.74) is 5.19. The maximum absolute atomic E-state index is 13.8. The van der Waals surface area contributed by atoms with Gasteiger partial charge in [0.1, 0.15) is 0 Å². The summed E-state index contributed by atoms with van der Waals surface area (Å²) in [6.45, 7) is 5.15. The molecule has 0 bridgehead atoms. The Bertz CT molecular complexity index is 444. The van der Waals surface area contributed by atoms with E-state index in [0.29, 0.717) is 5.56 Å². The van der Waals surface area contributed by atoms with Gasteiger partial charge in [0.25, 0.3) is 0 Å². The molecule has 1 unspecified atom stereocenters. The van der Waals surface area contributed by atoms with Crippen molar-refractivity contribution in [2.24, 2.45) is 5.73 Å². The van der Waals surface area contributed by atoms with Crippen molar-refractivity contribution in [3.63, 3.8) is 0 Å². The minimum Gasteiger partial charge on any atom is -0.488 e. The van der Waals surface area contributed by atoms with E-state index in [9.17, 15) is 9.18 Å². The van der Waals surface area contributed by atoms with Crippen molar-refractivity contribution in [1.82, 2.24) is 0 Å². The molecule has 0 spiro atoms. The molecule has 1 rings (SSSR count). The zero-order chi connectivity index (χ0) is 13.9. The second-order valence-electron chi connectivity index (χ2n) is 4.80. The highest BCUT2D eigenvalue weighted by Gasteiger charge is 2.25. The van der Waals surface area contributed by atoms with E-state index >= 15 is 0 Å². The largest absolute Gasteiger partial charge is 0.488 e. The fourth-order valence-electron chi connectivity index (χ4n) is 1.62. The van der Waals surface area contributed by atoms with Gasteiger partial charge in [-0.15, -0.1) is 0 Å². The Kier molecular flexibility index (Phi) is 4.29. The lowest BCUT2D eigenvalue weighted by Gasteiger charge is -2.23. The molecule has 0 aliphatic carbocycles. The first-order chi connectivity index (χ1) is 8.22. The fraction of sp³-hybridized carbons (Fsp3) is 0.462. The molecule has 3 N–H and O–H groups in total. The van der Waals surface area contributed by atoms with Crippen molar-refractivity contribution in [2.75, 3.05) is 0 Å². The number of ether oxygens (including phenoxy) is 1. The number of halogens is 1.